The summed E-state index contributed by atoms with van der Waals surface area (Å²) in [6.45, 7) is 2.53. The van der Waals surface area contributed by atoms with E-state index in [4.69, 9.17) is 5.11 Å². The second kappa shape index (κ2) is 7.17. The van der Waals surface area contributed by atoms with E-state index in [9.17, 15) is 8.42 Å². The zero-order valence-electron chi connectivity index (χ0n) is 8.78. The number of aliphatic hydroxyl groups excluding tert-OH is 1. The van der Waals surface area contributed by atoms with Gasteiger partial charge in [0.25, 0.3) is 10.2 Å². The van der Waals surface area contributed by atoms with Gasteiger partial charge in [-0.25, -0.2) is 9.44 Å². The van der Waals surface area contributed by atoms with Gasteiger partial charge in [0.05, 0.1) is 0 Å². The predicted molar refractivity (Wildman–Crippen MR) is 56.1 cm³/mol. The molecule has 0 aromatic heterocycles. The maximum Gasteiger partial charge on any atom is 0.276 e. The van der Waals surface area contributed by atoms with Crippen molar-refractivity contribution < 1.29 is 13.5 Å². The molecule has 0 amide bonds. The van der Waals surface area contributed by atoms with Crippen LogP contribution in [0.1, 0.15) is 26.2 Å². The summed E-state index contributed by atoms with van der Waals surface area (Å²) in [5.41, 5.74) is 0. The highest BCUT2D eigenvalue weighted by atomic mass is 32.2. The van der Waals surface area contributed by atoms with E-state index in [1.807, 2.05) is 6.92 Å². The van der Waals surface area contributed by atoms with Gasteiger partial charge in [-0.3, -0.25) is 0 Å². The first kappa shape index (κ1) is 13.8. The molecule has 0 bridgehead atoms. The van der Waals surface area contributed by atoms with Gasteiger partial charge in [-0.15, -0.1) is 0 Å². The maximum absolute atomic E-state index is 11.0. The lowest BCUT2D eigenvalue weighted by Crippen LogP contribution is -2.37. The van der Waals surface area contributed by atoms with Crippen LogP contribution in [0, 0.1) is 5.92 Å². The van der Waals surface area contributed by atoms with Crippen LogP contribution in [0.3, 0.4) is 0 Å². The first-order chi connectivity index (χ1) is 6.55. The monoisotopic (exact) mass is 224 g/mol. The molecule has 0 aliphatic rings. The van der Waals surface area contributed by atoms with Crippen molar-refractivity contribution in [2.75, 3.05) is 20.2 Å². The first-order valence-corrected chi connectivity index (χ1v) is 6.33. The number of nitrogens with one attached hydrogen (secondary N) is 2. The lowest BCUT2D eigenvalue weighted by molar-refractivity contribution is 0.251. The fourth-order valence-corrected chi connectivity index (χ4v) is 1.84. The van der Waals surface area contributed by atoms with E-state index in [1.54, 1.807) is 0 Å². The van der Waals surface area contributed by atoms with Crippen LogP contribution >= 0.6 is 0 Å². The summed E-state index contributed by atoms with van der Waals surface area (Å²) >= 11 is 0. The first-order valence-electron chi connectivity index (χ1n) is 4.84. The maximum atomic E-state index is 11.0. The molecule has 0 aromatic carbocycles. The summed E-state index contributed by atoms with van der Waals surface area (Å²) < 4.78 is 26.7. The van der Waals surface area contributed by atoms with Gasteiger partial charge in [0.15, 0.2) is 0 Å². The standard InChI is InChI=1S/C8H20N2O3S/c1-3-4-8(5-6-11)7-10-14(12,13)9-2/h8-11H,3-7H2,1-2H3. The average Bonchev–Trinajstić information content (AvgIpc) is 2.15. The van der Waals surface area contributed by atoms with Gasteiger partial charge in [0, 0.05) is 20.2 Å². The summed E-state index contributed by atoms with van der Waals surface area (Å²) in [6, 6.07) is 0. The van der Waals surface area contributed by atoms with E-state index in [-0.39, 0.29) is 12.5 Å². The molecular weight excluding hydrogens is 204 g/mol. The van der Waals surface area contributed by atoms with Crippen molar-refractivity contribution in [3.63, 3.8) is 0 Å². The summed E-state index contributed by atoms with van der Waals surface area (Å²) in [6.07, 6.45) is 2.55. The zero-order chi connectivity index (χ0) is 11.0. The van der Waals surface area contributed by atoms with Crippen LogP contribution in [-0.2, 0) is 10.2 Å². The van der Waals surface area contributed by atoms with E-state index >= 15 is 0 Å². The van der Waals surface area contributed by atoms with Crippen LogP contribution in [0.5, 0.6) is 0 Å². The number of hydrogen-bond donors (Lipinski definition) is 3. The van der Waals surface area contributed by atoms with E-state index in [1.165, 1.54) is 7.05 Å². The molecule has 1 atom stereocenters. The number of hydrogen-bond acceptors (Lipinski definition) is 3. The summed E-state index contributed by atoms with van der Waals surface area (Å²) in [5, 5.41) is 8.76. The van der Waals surface area contributed by atoms with E-state index in [2.05, 4.69) is 9.44 Å². The average molecular weight is 224 g/mol. The molecule has 6 heteroatoms. The fraction of sp³-hybridized carbons (Fsp3) is 1.00. The molecule has 0 fully saturated rings. The highest BCUT2D eigenvalue weighted by Crippen LogP contribution is 2.09. The Balaban J connectivity index is 3.92. The van der Waals surface area contributed by atoms with Crippen LogP contribution in [-0.4, -0.2) is 33.7 Å². The molecular formula is C8H20N2O3S. The number of rotatable bonds is 8. The predicted octanol–water partition coefficient (Wildman–Crippen LogP) is -0.161. The van der Waals surface area contributed by atoms with Gasteiger partial charge in [-0.2, -0.15) is 8.42 Å². The number of aliphatic hydroxyl groups is 1. The van der Waals surface area contributed by atoms with Crippen LogP contribution in [0.2, 0.25) is 0 Å². The lowest BCUT2D eigenvalue weighted by Gasteiger charge is -2.15. The van der Waals surface area contributed by atoms with Crippen LogP contribution in [0.25, 0.3) is 0 Å². The van der Waals surface area contributed by atoms with Crippen molar-refractivity contribution >= 4 is 10.2 Å². The molecule has 0 rings (SSSR count). The Morgan fingerprint density at radius 3 is 2.43 bits per heavy atom. The Morgan fingerprint density at radius 1 is 1.36 bits per heavy atom. The van der Waals surface area contributed by atoms with Gasteiger partial charge in [-0.05, 0) is 18.8 Å². The van der Waals surface area contributed by atoms with Gasteiger partial charge in [0.1, 0.15) is 0 Å². The molecule has 86 valence electrons. The van der Waals surface area contributed by atoms with Gasteiger partial charge < -0.3 is 5.11 Å². The minimum absolute atomic E-state index is 0.103. The Labute approximate surface area is 86.1 Å². The molecule has 0 saturated heterocycles. The summed E-state index contributed by atoms with van der Waals surface area (Å²) in [4.78, 5) is 0. The van der Waals surface area contributed by atoms with Gasteiger partial charge in [-0.1, -0.05) is 13.3 Å². The van der Waals surface area contributed by atoms with E-state index in [0.717, 1.165) is 12.8 Å². The van der Waals surface area contributed by atoms with Crippen LogP contribution in [0.4, 0.5) is 0 Å². The second-order valence-corrected chi connectivity index (χ2v) is 4.93. The largest absolute Gasteiger partial charge is 0.396 e. The molecule has 0 aromatic rings. The molecule has 0 heterocycles. The van der Waals surface area contributed by atoms with Crippen molar-refractivity contribution in [1.82, 2.24) is 9.44 Å². The van der Waals surface area contributed by atoms with Crippen molar-refractivity contribution in [2.45, 2.75) is 26.2 Å². The topological polar surface area (TPSA) is 78.4 Å². The third-order valence-corrected chi connectivity index (χ3v) is 3.15. The third-order valence-electron chi connectivity index (χ3n) is 2.07. The molecule has 5 nitrogen and oxygen atoms in total. The SMILES string of the molecule is CCCC(CCO)CNS(=O)(=O)NC. The second-order valence-electron chi connectivity index (χ2n) is 3.22. The Hall–Kier alpha value is -0.170. The van der Waals surface area contributed by atoms with E-state index in [0.29, 0.717) is 13.0 Å². The molecule has 3 N–H and O–H groups in total. The lowest BCUT2D eigenvalue weighted by atomic mass is 10.0. The van der Waals surface area contributed by atoms with Crippen LogP contribution in [0.15, 0.2) is 0 Å². The minimum atomic E-state index is -3.33. The normalized spacial score (nSPS) is 14.2. The molecule has 0 aliphatic carbocycles. The van der Waals surface area contributed by atoms with Crippen LogP contribution < -0.4 is 9.44 Å². The van der Waals surface area contributed by atoms with Gasteiger partial charge >= 0.3 is 0 Å². The Morgan fingerprint density at radius 2 is 2.00 bits per heavy atom. The smallest absolute Gasteiger partial charge is 0.276 e. The van der Waals surface area contributed by atoms with Crippen molar-refractivity contribution in [3.05, 3.63) is 0 Å². The highest BCUT2D eigenvalue weighted by molar-refractivity contribution is 7.87. The van der Waals surface area contributed by atoms with Gasteiger partial charge in [0.2, 0.25) is 0 Å². The third kappa shape index (κ3) is 6.31. The molecule has 14 heavy (non-hydrogen) atoms. The Bertz CT molecular complexity index is 223. The summed E-state index contributed by atoms with van der Waals surface area (Å²) in [7, 11) is -1.97. The zero-order valence-corrected chi connectivity index (χ0v) is 9.60. The van der Waals surface area contributed by atoms with Crippen molar-refractivity contribution in [2.24, 2.45) is 5.92 Å². The fourth-order valence-electron chi connectivity index (χ4n) is 1.24. The van der Waals surface area contributed by atoms with E-state index < -0.39 is 10.2 Å². The molecule has 0 aliphatic heterocycles. The quantitative estimate of drug-likeness (QED) is 0.536. The van der Waals surface area contributed by atoms with Crippen molar-refractivity contribution in [1.29, 1.82) is 0 Å². The Kier molecular flexibility index (Phi) is 7.08. The molecule has 1 unspecified atom stereocenters. The molecule has 0 spiro atoms. The summed E-state index contributed by atoms with van der Waals surface area (Å²) in [5.74, 6) is 0.216. The highest BCUT2D eigenvalue weighted by Gasteiger charge is 2.11. The molecule has 0 radical (unpaired) electrons. The molecule has 0 saturated carbocycles. The minimum Gasteiger partial charge on any atom is -0.396 e. The van der Waals surface area contributed by atoms with Crippen molar-refractivity contribution in [3.8, 4) is 0 Å².